The van der Waals surface area contributed by atoms with E-state index in [1.54, 1.807) is 11.3 Å². The van der Waals surface area contributed by atoms with Gasteiger partial charge >= 0.3 is 0 Å². The van der Waals surface area contributed by atoms with E-state index in [0.717, 1.165) is 30.0 Å². The monoisotopic (exact) mass is 235 g/mol. The summed E-state index contributed by atoms with van der Waals surface area (Å²) in [6.45, 7) is 6.91. The average Bonchev–Trinajstić information content (AvgIpc) is 2.78. The van der Waals surface area contributed by atoms with Crippen LogP contribution in [0.1, 0.15) is 19.0 Å². The van der Waals surface area contributed by atoms with Crippen molar-refractivity contribution in [2.24, 2.45) is 0 Å². The highest BCUT2D eigenvalue weighted by molar-refractivity contribution is 7.15. The highest BCUT2D eigenvalue weighted by atomic mass is 32.1. The van der Waals surface area contributed by atoms with Crippen molar-refractivity contribution in [3.8, 4) is 0 Å². The predicted octanol–water partition coefficient (Wildman–Crippen LogP) is 2.49. The fourth-order valence-corrected chi connectivity index (χ4v) is 2.57. The number of rotatable bonds is 6. The van der Waals surface area contributed by atoms with Crippen LogP contribution in [0.4, 0.5) is 0 Å². The minimum absolute atomic E-state index is 0.451. The molecule has 2 aromatic heterocycles. The van der Waals surface area contributed by atoms with Gasteiger partial charge in [-0.2, -0.15) is 0 Å². The van der Waals surface area contributed by atoms with Crippen molar-refractivity contribution in [2.45, 2.75) is 25.8 Å². The molecule has 0 saturated carbocycles. The van der Waals surface area contributed by atoms with Crippen molar-refractivity contribution < 1.29 is 0 Å². The molecule has 0 aliphatic heterocycles. The molecule has 0 aliphatic carbocycles. The van der Waals surface area contributed by atoms with Crippen molar-refractivity contribution >= 4 is 16.3 Å². The molecule has 0 radical (unpaired) electrons. The van der Waals surface area contributed by atoms with Crippen LogP contribution in [0, 0.1) is 0 Å². The zero-order chi connectivity index (χ0) is 11.4. The van der Waals surface area contributed by atoms with Crippen LogP contribution in [-0.2, 0) is 6.42 Å². The summed E-state index contributed by atoms with van der Waals surface area (Å²) in [5.74, 6) is 0. The minimum Gasteiger partial charge on any atom is -0.314 e. The Labute approximate surface area is 99.8 Å². The van der Waals surface area contributed by atoms with E-state index in [2.05, 4.69) is 39.8 Å². The average molecular weight is 235 g/mol. The standard InChI is InChI=1S/C12H17N3S/c1-3-5-10(13-4-2)8-11-9-15-6-7-16-12(15)14-11/h3,6-7,9-10,13H,1,4-5,8H2,2H3. The lowest BCUT2D eigenvalue weighted by Crippen LogP contribution is -2.30. The lowest BCUT2D eigenvalue weighted by atomic mass is 10.1. The first-order chi connectivity index (χ1) is 7.83. The van der Waals surface area contributed by atoms with E-state index in [9.17, 15) is 0 Å². The van der Waals surface area contributed by atoms with Crippen LogP contribution in [-0.4, -0.2) is 22.0 Å². The second-order valence-corrected chi connectivity index (χ2v) is 4.68. The SMILES string of the molecule is C=CCC(Cc1cn2ccsc2n1)NCC. The Hall–Kier alpha value is -1.13. The number of imidazole rings is 1. The van der Waals surface area contributed by atoms with Crippen LogP contribution in [0.5, 0.6) is 0 Å². The summed E-state index contributed by atoms with van der Waals surface area (Å²) in [5, 5.41) is 5.50. The number of aromatic nitrogens is 2. The number of thiazole rings is 1. The number of hydrogen-bond donors (Lipinski definition) is 1. The van der Waals surface area contributed by atoms with Gasteiger partial charge in [0, 0.05) is 30.2 Å². The van der Waals surface area contributed by atoms with Crippen molar-refractivity contribution in [2.75, 3.05) is 6.54 Å². The van der Waals surface area contributed by atoms with Crippen molar-refractivity contribution in [1.29, 1.82) is 0 Å². The molecule has 3 nitrogen and oxygen atoms in total. The normalized spacial score (nSPS) is 13.1. The van der Waals surface area contributed by atoms with Crippen molar-refractivity contribution in [3.63, 3.8) is 0 Å². The molecule has 0 amide bonds. The highest BCUT2D eigenvalue weighted by Crippen LogP contribution is 2.13. The number of nitrogens with one attached hydrogen (secondary N) is 1. The molecule has 1 unspecified atom stereocenters. The Morgan fingerprint density at radius 3 is 3.25 bits per heavy atom. The van der Waals surface area contributed by atoms with Crippen LogP contribution >= 0.6 is 11.3 Å². The Morgan fingerprint density at radius 2 is 2.56 bits per heavy atom. The lowest BCUT2D eigenvalue weighted by Gasteiger charge is -2.14. The second-order valence-electron chi connectivity index (χ2n) is 3.81. The number of likely N-dealkylation sites (N-methyl/N-ethyl adjacent to an activating group) is 1. The van der Waals surface area contributed by atoms with Gasteiger partial charge in [-0.1, -0.05) is 13.0 Å². The Bertz CT molecular complexity index is 429. The summed E-state index contributed by atoms with van der Waals surface area (Å²) in [7, 11) is 0. The quantitative estimate of drug-likeness (QED) is 0.779. The van der Waals surface area contributed by atoms with Gasteiger partial charge in [0.05, 0.1) is 5.69 Å². The number of fused-ring (bicyclic) bond motifs is 1. The molecule has 0 fully saturated rings. The molecule has 0 saturated heterocycles. The third-order valence-corrected chi connectivity index (χ3v) is 3.31. The molecule has 0 aromatic carbocycles. The predicted molar refractivity (Wildman–Crippen MR) is 69.1 cm³/mol. The largest absolute Gasteiger partial charge is 0.314 e. The van der Waals surface area contributed by atoms with Crippen LogP contribution in [0.3, 0.4) is 0 Å². The molecule has 2 rings (SSSR count). The zero-order valence-electron chi connectivity index (χ0n) is 9.52. The van der Waals surface area contributed by atoms with Gasteiger partial charge in [-0.25, -0.2) is 4.98 Å². The van der Waals surface area contributed by atoms with Gasteiger partial charge in [0.2, 0.25) is 0 Å². The summed E-state index contributed by atoms with van der Waals surface area (Å²) < 4.78 is 2.08. The Morgan fingerprint density at radius 1 is 1.69 bits per heavy atom. The third-order valence-electron chi connectivity index (χ3n) is 2.54. The minimum atomic E-state index is 0.451. The van der Waals surface area contributed by atoms with Crippen LogP contribution in [0.25, 0.3) is 4.96 Å². The van der Waals surface area contributed by atoms with Crippen molar-refractivity contribution in [1.82, 2.24) is 14.7 Å². The maximum atomic E-state index is 4.58. The second kappa shape index (κ2) is 5.27. The molecule has 2 heterocycles. The van der Waals surface area contributed by atoms with Gasteiger partial charge in [0.15, 0.2) is 4.96 Å². The van der Waals surface area contributed by atoms with E-state index in [0.29, 0.717) is 6.04 Å². The molecular formula is C12H17N3S. The lowest BCUT2D eigenvalue weighted by molar-refractivity contribution is 0.525. The molecular weight excluding hydrogens is 218 g/mol. The van der Waals surface area contributed by atoms with Crippen LogP contribution < -0.4 is 5.32 Å². The van der Waals surface area contributed by atoms with E-state index >= 15 is 0 Å². The summed E-state index contributed by atoms with van der Waals surface area (Å²) in [6, 6.07) is 0.451. The first-order valence-corrected chi connectivity index (χ1v) is 6.46. The summed E-state index contributed by atoms with van der Waals surface area (Å²) in [6.07, 6.45) is 8.07. The maximum Gasteiger partial charge on any atom is 0.193 e. The van der Waals surface area contributed by atoms with E-state index < -0.39 is 0 Å². The van der Waals surface area contributed by atoms with Crippen LogP contribution in [0.2, 0.25) is 0 Å². The molecule has 4 heteroatoms. The van der Waals surface area contributed by atoms with Gasteiger partial charge in [-0.3, -0.25) is 4.40 Å². The van der Waals surface area contributed by atoms with Crippen LogP contribution in [0.15, 0.2) is 30.4 Å². The van der Waals surface area contributed by atoms with Crippen molar-refractivity contribution in [3.05, 3.63) is 36.1 Å². The molecule has 0 bridgehead atoms. The van der Waals surface area contributed by atoms with Gasteiger partial charge in [0.1, 0.15) is 0 Å². The fourth-order valence-electron chi connectivity index (χ4n) is 1.86. The van der Waals surface area contributed by atoms with Gasteiger partial charge in [-0.15, -0.1) is 17.9 Å². The summed E-state index contributed by atoms with van der Waals surface area (Å²) >= 11 is 1.67. The third kappa shape index (κ3) is 2.51. The molecule has 2 aromatic rings. The summed E-state index contributed by atoms with van der Waals surface area (Å²) in [5.41, 5.74) is 1.15. The van der Waals surface area contributed by atoms with E-state index in [-0.39, 0.29) is 0 Å². The molecule has 86 valence electrons. The first kappa shape index (κ1) is 11.4. The molecule has 0 spiro atoms. The Kier molecular flexibility index (Phi) is 3.74. The molecule has 16 heavy (non-hydrogen) atoms. The maximum absolute atomic E-state index is 4.58. The molecule has 1 N–H and O–H groups in total. The molecule has 1 atom stereocenters. The fraction of sp³-hybridized carbons (Fsp3) is 0.417. The van der Waals surface area contributed by atoms with E-state index in [1.165, 1.54) is 0 Å². The van der Waals surface area contributed by atoms with Gasteiger partial charge < -0.3 is 5.32 Å². The number of nitrogens with zero attached hydrogens (tertiary/aromatic N) is 2. The van der Waals surface area contributed by atoms with E-state index in [1.807, 2.05) is 12.3 Å². The zero-order valence-corrected chi connectivity index (χ0v) is 10.3. The number of hydrogen-bond acceptors (Lipinski definition) is 3. The summed E-state index contributed by atoms with van der Waals surface area (Å²) in [4.78, 5) is 5.66. The highest BCUT2D eigenvalue weighted by Gasteiger charge is 2.09. The Balaban J connectivity index is 2.06. The topological polar surface area (TPSA) is 29.3 Å². The van der Waals surface area contributed by atoms with Gasteiger partial charge in [-0.05, 0) is 13.0 Å². The van der Waals surface area contributed by atoms with E-state index in [4.69, 9.17) is 0 Å². The first-order valence-electron chi connectivity index (χ1n) is 5.58. The molecule has 0 aliphatic rings. The smallest absolute Gasteiger partial charge is 0.193 e. The van der Waals surface area contributed by atoms with Gasteiger partial charge in [0.25, 0.3) is 0 Å².